The van der Waals surface area contributed by atoms with E-state index in [-0.39, 0.29) is 11.6 Å². The second kappa shape index (κ2) is 6.94. The van der Waals surface area contributed by atoms with E-state index in [1.54, 1.807) is 0 Å². The Hall–Kier alpha value is -1.62. The summed E-state index contributed by atoms with van der Waals surface area (Å²) in [6, 6.07) is 13.0. The molecular formula is C21H26N2OS. The molecule has 3 heterocycles. The van der Waals surface area contributed by atoms with Crippen molar-refractivity contribution in [2.75, 3.05) is 13.7 Å². The molecule has 3 aromatic rings. The Morgan fingerprint density at radius 1 is 1.28 bits per heavy atom. The highest BCUT2D eigenvalue weighted by atomic mass is 32.1. The summed E-state index contributed by atoms with van der Waals surface area (Å²) in [7, 11) is 2.08. The summed E-state index contributed by atoms with van der Waals surface area (Å²) in [5.41, 5.74) is 4.02. The predicted molar refractivity (Wildman–Crippen MR) is 105 cm³/mol. The minimum atomic E-state index is 0.0428. The molecule has 2 N–H and O–H groups in total. The van der Waals surface area contributed by atoms with Gasteiger partial charge in [-0.1, -0.05) is 31.2 Å². The maximum absolute atomic E-state index is 6.18. The van der Waals surface area contributed by atoms with E-state index < -0.39 is 0 Å². The summed E-state index contributed by atoms with van der Waals surface area (Å²) in [5.74, 6) is 0. The van der Waals surface area contributed by atoms with Crippen LogP contribution in [0.5, 0.6) is 0 Å². The van der Waals surface area contributed by atoms with Gasteiger partial charge in [-0.25, -0.2) is 0 Å². The van der Waals surface area contributed by atoms with Crippen molar-refractivity contribution >= 4 is 22.2 Å². The number of benzene rings is 1. The molecule has 2 unspecified atom stereocenters. The van der Waals surface area contributed by atoms with Gasteiger partial charge in [0.15, 0.2) is 0 Å². The number of rotatable bonds is 6. The first kappa shape index (κ1) is 16.8. The van der Waals surface area contributed by atoms with Gasteiger partial charge in [0.25, 0.3) is 0 Å². The first-order valence-corrected chi connectivity index (χ1v) is 10.1. The van der Waals surface area contributed by atoms with Crippen molar-refractivity contribution in [1.82, 2.24) is 10.3 Å². The molecule has 0 saturated carbocycles. The zero-order valence-corrected chi connectivity index (χ0v) is 15.8. The molecule has 132 valence electrons. The highest BCUT2D eigenvalue weighted by Gasteiger charge is 2.32. The fourth-order valence-electron chi connectivity index (χ4n) is 4.21. The van der Waals surface area contributed by atoms with Crippen LogP contribution in [0.1, 0.15) is 48.4 Å². The van der Waals surface area contributed by atoms with E-state index in [1.165, 1.54) is 27.0 Å². The Morgan fingerprint density at radius 2 is 2.16 bits per heavy atom. The second-order valence-corrected chi connectivity index (χ2v) is 7.82. The average molecular weight is 355 g/mol. The number of thiophene rings is 1. The smallest absolute Gasteiger partial charge is 0.0976 e. The van der Waals surface area contributed by atoms with E-state index >= 15 is 0 Å². The van der Waals surface area contributed by atoms with Crippen molar-refractivity contribution in [3.05, 3.63) is 57.9 Å². The first-order chi connectivity index (χ1) is 12.3. The van der Waals surface area contributed by atoms with Gasteiger partial charge >= 0.3 is 0 Å². The topological polar surface area (TPSA) is 37.0 Å². The van der Waals surface area contributed by atoms with Crippen LogP contribution >= 0.6 is 11.3 Å². The number of para-hydroxylation sites is 1. The number of ether oxygens (including phenoxy) is 1. The number of aromatic nitrogens is 1. The molecule has 0 fully saturated rings. The number of H-pyrrole nitrogens is 1. The average Bonchev–Trinajstić information content (AvgIpc) is 3.31. The van der Waals surface area contributed by atoms with Gasteiger partial charge in [0, 0.05) is 21.5 Å². The Balaban J connectivity index is 1.60. The fraction of sp³-hybridized carbons (Fsp3) is 0.429. The van der Waals surface area contributed by atoms with Crippen LogP contribution in [-0.2, 0) is 16.7 Å². The van der Waals surface area contributed by atoms with Crippen LogP contribution in [0.25, 0.3) is 10.9 Å². The molecule has 3 nitrogen and oxygen atoms in total. The van der Waals surface area contributed by atoms with E-state index in [0.717, 1.165) is 32.3 Å². The summed E-state index contributed by atoms with van der Waals surface area (Å²) < 4.78 is 6.18. The standard InChI is InChI=1S/C21H26N2OS/c1-3-21(22-2,19-9-6-14-25-19)12-10-18-20-16(11-13-24-18)15-7-4-5-8-17(15)23-20/h4-9,14,18,22-23H,3,10-13H2,1-2H3. The third-order valence-electron chi connectivity index (χ3n) is 5.75. The third-order valence-corrected chi connectivity index (χ3v) is 6.82. The van der Waals surface area contributed by atoms with Crippen LogP contribution in [0.2, 0.25) is 0 Å². The molecule has 1 aliphatic rings. The minimum absolute atomic E-state index is 0.0428. The SMILES string of the molecule is CCC(CCC1OCCc2c1[nH]c1ccccc21)(NC)c1cccs1. The summed E-state index contributed by atoms with van der Waals surface area (Å²) in [4.78, 5) is 5.05. The molecule has 0 bridgehead atoms. The summed E-state index contributed by atoms with van der Waals surface area (Å²) >= 11 is 1.84. The molecular weight excluding hydrogens is 328 g/mol. The predicted octanol–water partition coefficient (Wildman–Crippen LogP) is 5.15. The van der Waals surface area contributed by atoms with Crippen LogP contribution in [0, 0.1) is 0 Å². The van der Waals surface area contributed by atoms with Crippen molar-refractivity contribution < 1.29 is 4.74 Å². The molecule has 1 aromatic carbocycles. The second-order valence-electron chi connectivity index (χ2n) is 6.87. The molecule has 0 amide bonds. The number of fused-ring (bicyclic) bond motifs is 3. The molecule has 4 rings (SSSR count). The van der Waals surface area contributed by atoms with Gasteiger partial charge < -0.3 is 15.0 Å². The molecule has 2 atom stereocenters. The highest BCUT2D eigenvalue weighted by Crippen LogP contribution is 2.39. The van der Waals surface area contributed by atoms with E-state index in [4.69, 9.17) is 4.74 Å². The molecule has 0 aliphatic carbocycles. The fourth-order valence-corrected chi connectivity index (χ4v) is 5.24. The zero-order valence-electron chi connectivity index (χ0n) is 15.0. The maximum Gasteiger partial charge on any atom is 0.0976 e. The molecule has 25 heavy (non-hydrogen) atoms. The molecule has 2 aromatic heterocycles. The maximum atomic E-state index is 6.18. The minimum Gasteiger partial charge on any atom is -0.372 e. The number of nitrogens with one attached hydrogen (secondary N) is 2. The summed E-state index contributed by atoms with van der Waals surface area (Å²) in [6.45, 7) is 3.09. The molecule has 4 heteroatoms. The largest absolute Gasteiger partial charge is 0.372 e. The van der Waals surface area contributed by atoms with Crippen LogP contribution in [-0.4, -0.2) is 18.6 Å². The Bertz CT molecular complexity index is 833. The van der Waals surface area contributed by atoms with E-state index in [9.17, 15) is 0 Å². The van der Waals surface area contributed by atoms with Gasteiger partial charge in [-0.3, -0.25) is 0 Å². The number of aromatic amines is 1. The van der Waals surface area contributed by atoms with Crippen LogP contribution in [0.3, 0.4) is 0 Å². The van der Waals surface area contributed by atoms with Gasteiger partial charge in [-0.05, 0) is 55.8 Å². The number of hydrogen-bond donors (Lipinski definition) is 2. The lowest BCUT2D eigenvalue weighted by Crippen LogP contribution is -2.39. The van der Waals surface area contributed by atoms with Crippen molar-refractivity contribution in [3.8, 4) is 0 Å². The lowest BCUT2D eigenvalue weighted by Gasteiger charge is -2.34. The Labute approximate surface area is 153 Å². The highest BCUT2D eigenvalue weighted by molar-refractivity contribution is 7.10. The van der Waals surface area contributed by atoms with Gasteiger partial charge in [0.1, 0.15) is 0 Å². The zero-order chi connectivity index (χ0) is 17.3. The number of hydrogen-bond acceptors (Lipinski definition) is 3. The van der Waals surface area contributed by atoms with Crippen LogP contribution in [0.15, 0.2) is 41.8 Å². The quantitative estimate of drug-likeness (QED) is 0.642. The van der Waals surface area contributed by atoms with Crippen molar-refractivity contribution in [3.63, 3.8) is 0 Å². The van der Waals surface area contributed by atoms with Gasteiger partial charge in [-0.2, -0.15) is 0 Å². The summed E-state index contributed by atoms with van der Waals surface area (Å²) in [5, 5.41) is 7.13. The normalized spacial score (nSPS) is 19.7. The van der Waals surface area contributed by atoms with E-state index in [1.807, 2.05) is 11.3 Å². The van der Waals surface area contributed by atoms with Crippen molar-refractivity contribution in [2.45, 2.75) is 44.2 Å². The summed E-state index contributed by atoms with van der Waals surface area (Å²) in [6.07, 6.45) is 4.34. The third kappa shape index (κ3) is 2.92. The Kier molecular flexibility index (Phi) is 4.67. The lowest BCUT2D eigenvalue weighted by molar-refractivity contribution is 0.0270. The Morgan fingerprint density at radius 3 is 2.92 bits per heavy atom. The monoisotopic (exact) mass is 354 g/mol. The van der Waals surface area contributed by atoms with Crippen LogP contribution < -0.4 is 5.32 Å². The molecule has 1 aliphatic heterocycles. The molecule has 0 saturated heterocycles. The van der Waals surface area contributed by atoms with Crippen molar-refractivity contribution in [1.29, 1.82) is 0 Å². The van der Waals surface area contributed by atoms with Crippen LogP contribution in [0.4, 0.5) is 0 Å². The lowest BCUT2D eigenvalue weighted by atomic mass is 9.86. The van der Waals surface area contributed by atoms with Gasteiger partial charge in [0.2, 0.25) is 0 Å². The van der Waals surface area contributed by atoms with Crippen molar-refractivity contribution in [2.24, 2.45) is 0 Å². The van der Waals surface area contributed by atoms with Gasteiger partial charge in [-0.15, -0.1) is 11.3 Å². The van der Waals surface area contributed by atoms with E-state index in [2.05, 4.69) is 66.1 Å². The first-order valence-electron chi connectivity index (χ1n) is 9.21. The molecule has 0 radical (unpaired) electrons. The van der Waals surface area contributed by atoms with E-state index in [0.29, 0.717) is 0 Å². The van der Waals surface area contributed by atoms with Gasteiger partial charge in [0.05, 0.1) is 18.2 Å². The molecule has 0 spiro atoms.